The topological polar surface area (TPSA) is 96.3 Å². The summed E-state index contributed by atoms with van der Waals surface area (Å²) in [6.07, 6.45) is -1.08. The van der Waals surface area contributed by atoms with Gasteiger partial charge in [0.05, 0.1) is 22.1 Å². The van der Waals surface area contributed by atoms with E-state index in [9.17, 15) is 13.2 Å². The number of hydrogen-bond acceptors (Lipinski definition) is 5. The molecule has 0 heterocycles. The third-order valence-electron chi connectivity index (χ3n) is 3.34. The molecule has 2 rings (SSSR count). The van der Waals surface area contributed by atoms with Crippen molar-refractivity contribution in [3.05, 3.63) is 65.7 Å². The Labute approximate surface area is 153 Å². The zero-order valence-electron chi connectivity index (χ0n) is 14.8. The Morgan fingerprint density at radius 2 is 1.65 bits per heavy atom. The first kappa shape index (κ1) is 19.6. The number of amides is 1. The Balaban J connectivity index is 2.29. The molecule has 0 spiro atoms. The van der Waals surface area contributed by atoms with Crippen LogP contribution >= 0.6 is 0 Å². The minimum atomic E-state index is -4.08. The number of nitrogens with zero attached hydrogens (tertiary/aromatic N) is 1. The third kappa shape index (κ3) is 5.15. The number of ether oxygens (including phenoxy) is 1. The lowest BCUT2D eigenvalue weighted by Gasteiger charge is -2.27. The van der Waals surface area contributed by atoms with Crippen molar-refractivity contribution in [2.75, 3.05) is 0 Å². The van der Waals surface area contributed by atoms with Crippen LogP contribution in [0.2, 0.25) is 0 Å². The van der Waals surface area contributed by atoms with Crippen LogP contribution < -0.4 is 4.72 Å². The minimum absolute atomic E-state index is 0.104. The number of carbonyl (C=O) groups is 1. The summed E-state index contributed by atoms with van der Waals surface area (Å²) in [6.45, 7) is 5.35. The van der Waals surface area contributed by atoms with Gasteiger partial charge in [-0.25, -0.2) is 13.1 Å². The second-order valence-corrected chi connectivity index (χ2v) is 8.31. The molecule has 26 heavy (non-hydrogen) atoms. The van der Waals surface area contributed by atoms with Crippen molar-refractivity contribution in [1.29, 1.82) is 5.26 Å². The van der Waals surface area contributed by atoms with Crippen LogP contribution in [0.15, 0.2) is 59.5 Å². The van der Waals surface area contributed by atoms with Crippen molar-refractivity contribution in [2.24, 2.45) is 0 Å². The molecule has 0 fully saturated rings. The average molecular weight is 372 g/mol. The molecule has 136 valence electrons. The zero-order chi connectivity index (χ0) is 19.4. The standard InChI is InChI=1S/C19H20N2O4S/c1-19(2,3)25-17(15-7-5-4-6-8-15)18(22)21-26(23,24)16-11-9-14(13-20)10-12-16/h4-12,17H,1-3H3,(H,21,22)/t17-/m0/s1. The van der Waals surface area contributed by atoms with Crippen LogP contribution in [0.3, 0.4) is 0 Å². The molecular formula is C19H20N2O4S. The average Bonchev–Trinajstić information content (AvgIpc) is 2.59. The maximum Gasteiger partial charge on any atom is 0.267 e. The Morgan fingerprint density at radius 3 is 2.15 bits per heavy atom. The highest BCUT2D eigenvalue weighted by molar-refractivity contribution is 7.90. The molecule has 7 heteroatoms. The van der Waals surface area contributed by atoms with E-state index in [2.05, 4.69) is 4.72 Å². The van der Waals surface area contributed by atoms with Gasteiger partial charge in [-0.1, -0.05) is 30.3 Å². The highest BCUT2D eigenvalue weighted by Crippen LogP contribution is 2.25. The number of carbonyl (C=O) groups excluding carboxylic acids is 1. The van der Waals surface area contributed by atoms with E-state index in [1.807, 2.05) is 6.07 Å². The van der Waals surface area contributed by atoms with Gasteiger partial charge < -0.3 is 4.74 Å². The molecule has 0 saturated carbocycles. The van der Waals surface area contributed by atoms with Gasteiger partial charge in [0.15, 0.2) is 6.10 Å². The van der Waals surface area contributed by atoms with Gasteiger partial charge in [0.2, 0.25) is 0 Å². The largest absolute Gasteiger partial charge is 0.358 e. The minimum Gasteiger partial charge on any atom is -0.358 e. The van der Waals surface area contributed by atoms with Crippen molar-refractivity contribution < 1.29 is 17.9 Å². The molecule has 0 bridgehead atoms. The lowest BCUT2D eigenvalue weighted by Crippen LogP contribution is -2.38. The van der Waals surface area contributed by atoms with E-state index in [4.69, 9.17) is 10.00 Å². The van der Waals surface area contributed by atoms with Crippen LogP contribution in [0.25, 0.3) is 0 Å². The first-order chi connectivity index (χ1) is 12.1. The van der Waals surface area contributed by atoms with E-state index in [0.717, 1.165) is 0 Å². The summed E-state index contributed by atoms with van der Waals surface area (Å²) in [5, 5.41) is 8.80. The predicted molar refractivity (Wildman–Crippen MR) is 96.5 cm³/mol. The van der Waals surface area contributed by atoms with Crippen molar-refractivity contribution in [3.63, 3.8) is 0 Å². The van der Waals surface area contributed by atoms with Crippen molar-refractivity contribution >= 4 is 15.9 Å². The first-order valence-corrected chi connectivity index (χ1v) is 9.40. The maximum atomic E-state index is 12.7. The number of rotatable bonds is 5. The van der Waals surface area contributed by atoms with Gasteiger partial charge in [-0.2, -0.15) is 5.26 Å². The van der Waals surface area contributed by atoms with Crippen molar-refractivity contribution in [2.45, 2.75) is 37.4 Å². The smallest absolute Gasteiger partial charge is 0.267 e. The molecule has 2 aromatic carbocycles. The quantitative estimate of drug-likeness (QED) is 0.870. The molecular weight excluding hydrogens is 352 g/mol. The Hall–Kier alpha value is -2.69. The van der Waals surface area contributed by atoms with Crippen LogP contribution in [0, 0.1) is 11.3 Å². The first-order valence-electron chi connectivity index (χ1n) is 7.92. The zero-order valence-corrected chi connectivity index (χ0v) is 15.6. The normalized spacial score (nSPS) is 12.8. The summed E-state index contributed by atoms with van der Waals surface area (Å²) < 4.78 is 32.8. The third-order valence-corrected chi connectivity index (χ3v) is 4.70. The Bertz CT molecular complexity index is 909. The molecule has 6 nitrogen and oxygen atoms in total. The molecule has 0 aliphatic rings. The summed E-state index contributed by atoms with van der Waals surface area (Å²) in [5.41, 5.74) is 0.222. The fourth-order valence-electron chi connectivity index (χ4n) is 2.21. The van der Waals surface area contributed by atoms with Gasteiger partial charge in [0.25, 0.3) is 15.9 Å². The number of nitriles is 1. The van der Waals surface area contributed by atoms with Crippen molar-refractivity contribution in [3.8, 4) is 6.07 Å². The van der Waals surface area contributed by atoms with Gasteiger partial charge >= 0.3 is 0 Å². The fraction of sp³-hybridized carbons (Fsp3) is 0.263. The molecule has 0 unspecified atom stereocenters. The van der Waals surface area contributed by atoms with E-state index >= 15 is 0 Å². The molecule has 0 aromatic heterocycles. The van der Waals surface area contributed by atoms with Crippen LogP contribution in [-0.4, -0.2) is 19.9 Å². The molecule has 0 saturated heterocycles. The molecule has 2 aromatic rings. The van der Waals surface area contributed by atoms with Gasteiger partial charge in [-0.05, 0) is 50.6 Å². The second kappa shape index (κ2) is 7.68. The summed E-state index contributed by atoms with van der Waals surface area (Å²) >= 11 is 0. The van der Waals surface area contributed by atoms with Gasteiger partial charge in [-0.15, -0.1) is 0 Å². The van der Waals surface area contributed by atoms with E-state index < -0.39 is 27.6 Å². The molecule has 0 radical (unpaired) electrons. The van der Waals surface area contributed by atoms with E-state index in [1.165, 1.54) is 24.3 Å². The molecule has 1 N–H and O–H groups in total. The highest BCUT2D eigenvalue weighted by Gasteiger charge is 2.30. The van der Waals surface area contributed by atoms with Crippen LogP contribution in [0.5, 0.6) is 0 Å². The predicted octanol–water partition coefficient (Wildman–Crippen LogP) is 2.92. The maximum absolute atomic E-state index is 12.7. The van der Waals surface area contributed by atoms with E-state index in [1.54, 1.807) is 51.1 Å². The van der Waals surface area contributed by atoms with E-state index in [-0.39, 0.29) is 4.90 Å². The lowest BCUT2D eigenvalue weighted by atomic mass is 10.1. The van der Waals surface area contributed by atoms with Crippen molar-refractivity contribution in [1.82, 2.24) is 4.72 Å². The number of benzene rings is 2. The number of hydrogen-bond donors (Lipinski definition) is 1. The highest BCUT2D eigenvalue weighted by atomic mass is 32.2. The fourth-order valence-corrected chi connectivity index (χ4v) is 3.19. The summed E-state index contributed by atoms with van der Waals surface area (Å²) in [6, 6.07) is 15.9. The monoisotopic (exact) mass is 372 g/mol. The van der Waals surface area contributed by atoms with Gasteiger partial charge in [0.1, 0.15) is 0 Å². The Kier molecular flexibility index (Phi) is 5.80. The van der Waals surface area contributed by atoms with Gasteiger partial charge in [-0.3, -0.25) is 4.79 Å². The van der Waals surface area contributed by atoms with Crippen LogP contribution in [0.4, 0.5) is 0 Å². The van der Waals surface area contributed by atoms with Crippen LogP contribution in [0.1, 0.15) is 38.0 Å². The summed E-state index contributed by atoms with van der Waals surface area (Å²) in [5.74, 6) is -0.782. The summed E-state index contributed by atoms with van der Waals surface area (Å²) in [7, 11) is -4.08. The Morgan fingerprint density at radius 1 is 1.08 bits per heavy atom. The number of sulfonamides is 1. The van der Waals surface area contributed by atoms with Crippen LogP contribution in [-0.2, 0) is 19.6 Å². The number of nitrogens with one attached hydrogen (secondary N) is 1. The molecule has 0 aliphatic carbocycles. The molecule has 1 atom stereocenters. The summed E-state index contributed by atoms with van der Waals surface area (Å²) in [4.78, 5) is 12.6. The molecule has 1 amide bonds. The lowest BCUT2D eigenvalue weighted by molar-refractivity contribution is -0.141. The molecule has 0 aliphatic heterocycles. The SMILES string of the molecule is CC(C)(C)O[C@H](C(=O)NS(=O)(=O)c1ccc(C#N)cc1)c1ccccc1. The van der Waals surface area contributed by atoms with Gasteiger partial charge in [0, 0.05) is 0 Å². The van der Waals surface area contributed by atoms with E-state index in [0.29, 0.717) is 11.1 Å². The second-order valence-electron chi connectivity index (χ2n) is 6.63.